The second-order valence-corrected chi connectivity index (χ2v) is 7.11. The van der Waals surface area contributed by atoms with Crippen molar-refractivity contribution in [2.24, 2.45) is 5.92 Å². The summed E-state index contributed by atoms with van der Waals surface area (Å²) in [6.45, 7) is 2.79. The van der Waals surface area contributed by atoms with Gasteiger partial charge in [0.15, 0.2) is 0 Å². The van der Waals surface area contributed by atoms with Crippen LogP contribution in [-0.4, -0.2) is 35.3 Å². The van der Waals surface area contributed by atoms with E-state index in [2.05, 4.69) is 0 Å². The molecule has 1 heterocycles. The van der Waals surface area contributed by atoms with Crippen molar-refractivity contribution < 1.29 is 14.6 Å². The highest BCUT2D eigenvalue weighted by molar-refractivity contribution is 6.42. The van der Waals surface area contributed by atoms with Gasteiger partial charge in [0.2, 0.25) is 0 Å². The molecule has 1 aliphatic heterocycles. The molecule has 1 amide bonds. The SMILES string of the molecule is CCOC(=O)N1CCC2C1CCCC2(O)c1ccc(Cl)c(Cl)c1. The molecule has 0 aromatic heterocycles. The smallest absolute Gasteiger partial charge is 0.410 e. The molecule has 3 unspecified atom stereocenters. The van der Waals surface area contributed by atoms with Gasteiger partial charge in [0.25, 0.3) is 0 Å². The number of fused-ring (bicyclic) bond motifs is 1. The average Bonchev–Trinajstić information content (AvgIpc) is 2.96. The zero-order valence-electron chi connectivity index (χ0n) is 13.1. The van der Waals surface area contributed by atoms with Gasteiger partial charge in [0, 0.05) is 18.5 Å². The number of rotatable bonds is 2. The lowest BCUT2D eigenvalue weighted by Crippen LogP contribution is -2.48. The molecular formula is C17H21Cl2NO3. The van der Waals surface area contributed by atoms with Gasteiger partial charge < -0.3 is 14.7 Å². The van der Waals surface area contributed by atoms with E-state index >= 15 is 0 Å². The number of benzene rings is 1. The van der Waals surface area contributed by atoms with Crippen molar-refractivity contribution in [3.63, 3.8) is 0 Å². The van der Waals surface area contributed by atoms with Gasteiger partial charge in [0.1, 0.15) is 0 Å². The van der Waals surface area contributed by atoms with E-state index in [1.54, 1.807) is 24.0 Å². The fourth-order valence-electron chi connectivity index (χ4n) is 4.09. The highest BCUT2D eigenvalue weighted by Crippen LogP contribution is 2.49. The summed E-state index contributed by atoms with van der Waals surface area (Å²) in [5.41, 5.74) is -0.189. The number of halogens is 2. The minimum absolute atomic E-state index is 0.00195. The summed E-state index contributed by atoms with van der Waals surface area (Å²) in [7, 11) is 0. The van der Waals surface area contributed by atoms with Crippen LogP contribution in [0.5, 0.6) is 0 Å². The predicted molar refractivity (Wildman–Crippen MR) is 89.8 cm³/mol. The van der Waals surface area contributed by atoms with Crippen LogP contribution in [0.25, 0.3) is 0 Å². The lowest BCUT2D eigenvalue weighted by molar-refractivity contribution is -0.0669. The lowest BCUT2D eigenvalue weighted by Gasteiger charge is -2.43. The van der Waals surface area contributed by atoms with Crippen LogP contribution in [0.1, 0.15) is 38.2 Å². The zero-order chi connectivity index (χ0) is 16.6. The second-order valence-electron chi connectivity index (χ2n) is 6.30. The summed E-state index contributed by atoms with van der Waals surface area (Å²) in [4.78, 5) is 13.9. The summed E-state index contributed by atoms with van der Waals surface area (Å²) in [6, 6.07) is 5.32. The van der Waals surface area contributed by atoms with Gasteiger partial charge in [-0.25, -0.2) is 4.79 Å². The lowest BCUT2D eigenvalue weighted by atomic mass is 9.69. The Morgan fingerprint density at radius 3 is 2.87 bits per heavy atom. The van der Waals surface area contributed by atoms with Crippen molar-refractivity contribution in [3.05, 3.63) is 33.8 Å². The molecule has 0 radical (unpaired) electrons. The zero-order valence-corrected chi connectivity index (χ0v) is 14.6. The van der Waals surface area contributed by atoms with Crippen molar-refractivity contribution in [2.75, 3.05) is 13.2 Å². The summed E-state index contributed by atoms with van der Waals surface area (Å²) < 4.78 is 5.15. The fourth-order valence-corrected chi connectivity index (χ4v) is 4.39. The van der Waals surface area contributed by atoms with Crippen LogP contribution in [-0.2, 0) is 10.3 Å². The van der Waals surface area contributed by atoms with Crippen molar-refractivity contribution in [3.8, 4) is 0 Å². The molecule has 0 bridgehead atoms. The largest absolute Gasteiger partial charge is 0.450 e. The third-order valence-electron chi connectivity index (χ3n) is 5.14. The Morgan fingerprint density at radius 2 is 2.17 bits per heavy atom. The minimum Gasteiger partial charge on any atom is -0.450 e. The number of nitrogens with zero attached hydrogens (tertiary/aromatic N) is 1. The average molecular weight is 358 g/mol. The third-order valence-corrected chi connectivity index (χ3v) is 5.88. The van der Waals surface area contributed by atoms with Gasteiger partial charge in [-0.15, -0.1) is 0 Å². The van der Waals surface area contributed by atoms with E-state index in [4.69, 9.17) is 27.9 Å². The highest BCUT2D eigenvalue weighted by Gasteiger charge is 2.51. The van der Waals surface area contributed by atoms with Crippen LogP contribution in [0.2, 0.25) is 10.0 Å². The Kier molecular flexibility index (Phi) is 4.77. The van der Waals surface area contributed by atoms with Gasteiger partial charge in [-0.05, 0) is 50.3 Å². The number of aliphatic hydroxyl groups is 1. The molecule has 2 aliphatic rings. The topological polar surface area (TPSA) is 49.8 Å². The molecule has 3 rings (SSSR count). The second kappa shape index (κ2) is 6.50. The van der Waals surface area contributed by atoms with E-state index in [0.717, 1.165) is 24.8 Å². The quantitative estimate of drug-likeness (QED) is 0.862. The standard InChI is InChI=1S/C17H21Cl2NO3/c1-2-23-16(21)20-9-7-12-15(20)4-3-8-17(12,22)11-5-6-13(18)14(19)10-11/h5-6,10,12,15,22H,2-4,7-9H2,1H3. The van der Waals surface area contributed by atoms with Crippen LogP contribution in [0, 0.1) is 5.92 Å². The first kappa shape index (κ1) is 16.9. The Bertz CT molecular complexity index is 610. The maximum absolute atomic E-state index is 12.1. The number of hydrogen-bond acceptors (Lipinski definition) is 3. The molecule has 23 heavy (non-hydrogen) atoms. The van der Waals surface area contributed by atoms with E-state index in [9.17, 15) is 9.90 Å². The van der Waals surface area contributed by atoms with Crippen LogP contribution < -0.4 is 0 Å². The van der Waals surface area contributed by atoms with Crippen LogP contribution in [0.4, 0.5) is 4.79 Å². The normalized spacial score (nSPS) is 30.2. The Balaban J connectivity index is 1.89. The molecule has 0 spiro atoms. The molecule has 3 atom stereocenters. The molecule has 4 nitrogen and oxygen atoms in total. The summed E-state index contributed by atoms with van der Waals surface area (Å²) in [5, 5.41) is 12.3. The molecule has 1 saturated heterocycles. The molecule has 1 aliphatic carbocycles. The van der Waals surface area contributed by atoms with Crippen molar-refractivity contribution in [1.82, 2.24) is 4.90 Å². The molecule has 2 fully saturated rings. The van der Waals surface area contributed by atoms with E-state index in [0.29, 0.717) is 29.6 Å². The molecule has 126 valence electrons. The Hall–Kier alpha value is -0.970. The van der Waals surface area contributed by atoms with Crippen LogP contribution in [0.15, 0.2) is 18.2 Å². The molecular weight excluding hydrogens is 337 g/mol. The van der Waals surface area contributed by atoms with E-state index < -0.39 is 5.60 Å². The van der Waals surface area contributed by atoms with E-state index in [1.165, 1.54) is 0 Å². The first-order valence-electron chi connectivity index (χ1n) is 8.08. The first-order valence-corrected chi connectivity index (χ1v) is 8.84. The Labute approximate surface area is 146 Å². The predicted octanol–water partition coefficient (Wildman–Crippen LogP) is 4.21. The number of hydrogen-bond donors (Lipinski definition) is 1. The van der Waals surface area contributed by atoms with E-state index in [1.807, 2.05) is 6.07 Å². The van der Waals surface area contributed by atoms with Crippen molar-refractivity contribution >= 4 is 29.3 Å². The molecule has 1 aromatic rings. The summed E-state index contributed by atoms with van der Waals surface area (Å²) in [6.07, 6.45) is 2.91. The van der Waals surface area contributed by atoms with Gasteiger partial charge >= 0.3 is 6.09 Å². The monoisotopic (exact) mass is 357 g/mol. The van der Waals surface area contributed by atoms with Gasteiger partial charge in [-0.3, -0.25) is 0 Å². The van der Waals surface area contributed by atoms with Gasteiger partial charge in [-0.2, -0.15) is 0 Å². The van der Waals surface area contributed by atoms with E-state index in [-0.39, 0.29) is 18.1 Å². The number of amides is 1. The molecule has 1 aromatic carbocycles. The summed E-state index contributed by atoms with van der Waals surface area (Å²) >= 11 is 12.1. The van der Waals surface area contributed by atoms with Crippen molar-refractivity contribution in [2.45, 2.75) is 44.2 Å². The number of carbonyl (C=O) groups excluding carboxylic acids is 1. The molecule has 6 heteroatoms. The van der Waals surface area contributed by atoms with Crippen LogP contribution >= 0.6 is 23.2 Å². The maximum Gasteiger partial charge on any atom is 0.410 e. The maximum atomic E-state index is 12.1. The molecule has 1 N–H and O–H groups in total. The third kappa shape index (κ3) is 2.92. The number of likely N-dealkylation sites (tertiary alicyclic amines) is 1. The Morgan fingerprint density at radius 1 is 1.39 bits per heavy atom. The first-order chi connectivity index (χ1) is 11.0. The minimum atomic E-state index is -0.974. The highest BCUT2D eigenvalue weighted by atomic mass is 35.5. The van der Waals surface area contributed by atoms with Crippen molar-refractivity contribution in [1.29, 1.82) is 0 Å². The summed E-state index contributed by atoms with van der Waals surface area (Å²) in [5.74, 6) is -0.00195. The van der Waals surface area contributed by atoms with Gasteiger partial charge in [-0.1, -0.05) is 29.3 Å². The molecule has 1 saturated carbocycles. The number of ether oxygens (including phenoxy) is 1. The van der Waals surface area contributed by atoms with Crippen LogP contribution in [0.3, 0.4) is 0 Å². The van der Waals surface area contributed by atoms with Gasteiger partial charge in [0.05, 0.1) is 22.3 Å². The number of carbonyl (C=O) groups is 1. The fraction of sp³-hybridized carbons (Fsp3) is 0.588.